The second-order valence-corrected chi connectivity index (χ2v) is 8.57. The number of rotatable bonds is 9. The summed E-state index contributed by atoms with van der Waals surface area (Å²) >= 11 is 0. The monoisotopic (exact) mass is 444 g/mol. The van der Waals surface area contributed by atoms with E-state index in [0.717, 1.165) is 12.1 Å². The van der Waals surface area contributed by atoms with Gasteiger partial charge in [0, 0.05) is 12.2 Å². The highest BCUT2D eigenvalue weighted by Crippen LogP contribution is 2.29. The summed E-state index contributed by atoms with van der Waals surface area (Å²) in [5.41, 5.74) is 0.132. The van der Waals surface area contributed by atoms with Crippen molar-refractivity contribution in [3.63, 3.8) is 0 Å². The average molecular weight is 444 g/mol. The summed E-state index contributed by atoms with van der Waals surface area (Å²) < 4.78 is 69.6. The lowest BCUT2D eigenvalue weighted by Crippen LogP contribution is -2.34. The fourth-order valence-electron chi connectivity index (χ4n) is 2.52. The van der Waals surface area contributed by atoms with Crippen molar-refractivity contribution in [3.05, 3.63) is 59.7 Å². The Bertz CT molecular complexity index is 942. The number of ether oxygens (including phenoxy) is 1. The molecule has 2 rings (SSSR count). The predicted molar refractivity (Wildman–Crippen MR) is 108 cm³/mol. The molecule has 0 unspecified atom stereocenters. The number of sulfonamides is 1. The van der Waals surface area contributed by atoms with Crippen LogP contribution in [0.2, 0.25) is 0 Å². The van der Waals surface area contributed by atoms with Gasteiger partial charge in [-0.2, -0.15) is 13.2 Å². The van der Waals surface area contributed by atoms with E-state index in [1.165, 1.54) is 24.3 Å². The molecule has 2 aromatic rings. The molecule has 30 heavy (non-hydrogen) atoms. The maximum atomic E-state index is 12.5. The number of carbonyl (C=O) groups excluding carboxylic acids is 1. The zero-order valence-corrected chi connectivity index (χ0v) is 17.3. The summed E-state index contributed by atoms with van der Waals surface area (Å²) in [5.74, 6) is -0.896. The number of nitrogens with one attached hydrogen (secondary N) is 2. The standard InChI is InChI=1S/C20H23F3N2O4S/c1-14(2)29-18-9-7-17(8-10-18)25-30(27,28)13-19(26)24-12-11-15-3-5-16(6-4-15)20(21,22)23/h3-10,14,25H,11-13H2,1-2H3,(H,24,26). The van der Waals surface area contributed by atoms with E-state index in [1.54, 1.807) is 12.1 Å². The van der Waals surface area contributed by atoms with Crippen molar-refractivity contribution in [1.29, 1.82) is 0 Å². The van der Waals surface area contributed by atoms with Gasteiger partial charge in [-0.1, -0.05) is 12.1 Å². The molecule has 164 valence electrons. The Morgan fingerprint density at radius 1 is 1.03 bits per heavy atom. The van der Waals surface area contributed by atoms with Crippen molar-refractivity contribution in [2.45, 2.75) is 32.5 Å². The lowest BCUT2D eigenvalue weighted by molar-refractivity contribution is -0.137. The summed E-state index contributed by atoms with van der Waals surface area (Å²) in [5, 5.41) is 2.45. The van der Waals surface area contributed by atoms with Crippen LogP contribution in [0.25, 0.3) is 0 Å². The van der Waals surface area contributed by atoms with Crippen molar-refractivity contribution in [3.8, 4) is 5.75 Å². The molecule has 0 aliphatic rings. The zero-order valence-electron chi connectivity index (χ0n) is 16.5. The van der Waals surface area contributed by atoms with Crippen LogP contribution < -0.4 is 14.8 Å². The van der Waals surface area contributed by atoms with Crippen molar-refractivity contribution >= 4 is 21.6 Å². The van der Waals surface area contributed by atoms with E-state index in [0.29, 0.717) is 17.0 Å². The summed E-state index contributed by atoms with van der Waals surface area (Å²) in [7, 11) is -3.91. The van der Waals surface area contributed by atoms with Gasteiger partial charge in [0.05, 0.1) is 11.7 Å². The highest BCUT2D eigenvalue weighted by Gasteiger charge is 2.29. The van der Waals surface area contributed by atoms with Crippen LogP contribution >= 0.6 is 0 Å². The molecule has 10 heteroatoms. The number of anilines is 1. The molecule has 0 saturated carbocycles. The summed E-state index contributed by atoms with van der Waals surface area (Å²) in [6, 6.07) is 10.8. The Morgan fingerprint density at radius 2 is 1.63 bits per heavy atom. The molecule has 0 aliphatic heterocycles. The van der Waals surface area contributed by atoms with Crippen molar-refractivity contribution in [1.82, 2.24) is 5.32 Å². The Balaban J connectivity index is 1.80. The molecular weight excluding hydrogens is 421 g/mol. The summed E-state index contributed by atoms with van der Waals surface area (Å²) in [4.78, 5) is 11.9. The maximum absolute atomic E-state index is 12.5. The summed E-state index contributed by atoms with van der Waals surface area (Å²) in [6.07, 6.45) is -4.15. The largest absolute Gasteiger partial charge is 0.491 e. The number of halogens is 3. The molecule has 0 heterocycles. The van der Waals surface area contributed by atoms with E-state index in [4.69, 9.17) is 4.74 Å². The number of hydrogen-bond acceptors (Lipinski definition) is 4. The maximum Gasteiger partial charge on any atom is 0.416 e. The van der Waals surface area contributed by atoms with Crippen LogP contribution in [0, 0.1) is 0 Å². The number of alkyl halides is 3. The number of carbonyl (C=O) groups is 1. The van der Waals surface area contributed by atoms with Gasteiger partial charge in [-0.05, 0) is 62.2 Å². The van der Waals surface area contributed by atoms with Gasteiger partial charge in [0.2, 0.25) is 15.9 Å². The second-order valence-electron chi connectivity index (χ2n) is 6.85. The molecule has 6 nitrogen and oxygen atoms in total. The fraction of sp³-hybridized carbons (Fsp3) is 0.350. The first-order chi connectivity index (χ1) is 13.9. The first-order valence-electron chi connectivity index (χ1n) is 9.15. The molecule has 0 spiro atoms. The minimum absolute atomic E-state index is 0.0150. The minimum Gasteiger partial charge on any atom is -0.491 e. The van der Waals surface area contributed by atoms with Gasteiger partial charge in [0.1, 0.15) is 11.5 Å². The van der Waals surface area contributed by atoms with Crippen LogP contribution in [0.3, 0.4) is 0 Å². The molecule has 2 aromatic carbocycles. The molecule has 0 radical (unpaired) electrons. The molecule has 1 amide bonds. The lowest BCUT2D eigenvalue weighted by atomic mass is 10.1. The fourth-order valence-corrected chi connectivity index (χ4v) is 3.53. The lowest BCUT2D eigenvalue weighted by Gasteiger charge is -2.12. The molecule has 0 bridgehead atoms. The van der Waals surface area contributed by atoms with Crippen molar-refractivity contribution in [2.24, 2.45) is 0 Å². The normalized spacial score (nSPS) is 11.9. The molecule has 0 fully saturated rings. The van der Waals surface area contributed by atoms with E-state index in [2.05, 4.69) is 10.0 Å². The second kappa shape index (κ2) is 9.84. The number of benzene rings is 2. The van der Waals surface area contributed by atoms with Gasteiger partial charge in [-0.3, -0.25) is 9.52 Å². The van der Waals surface area contributed by atoms with Crippen LogP contribution in [0.4, 0.5) is 18.9 Å². The highest BCUT2D eigenvalue weighted by molar-refractivity contribution is 7.93. The van der Waals surface area contributed by atoms with E-state index < -0.39 is 33.4 Å². The quantitative estimate of drug-likeness (QED) is 0.619. The Labute approximate surface area is 173 Å². The molecule has 0 aliphatic carbocycles. The third-order valence-corrected chi connectivity index (χ3v) is 5.03. The van der Waals surface area contributed by atoms with Gasteiger partial charge in [0.15, 0.2) is 0 Å². The van der Waals surface area contributed by atoms with Crippen LogP contribution in [0.1, 0.15) is 25.0 Å². The average Bonchev–Trinajstić information content (AvgIpc) is 2.62. The SMILES string of the molecule is CC(C)Oc1ccc(NS(=O)(=O)CC(=O)NCCc2ccc(C(F)(F)F)cc2)cc1. The predicted octanol–water partition coefficient (Wildman–Crippen LogP) is 3.59. The molecule has 0 saturated heterocycles. The topological polar surface area (TPSA) is 84.5 Å². The molecule has 0 atom stereocenters. The zero-order chi connectivity index (χ0) is 22.4. The highest BCUT2D eigenvalue weighted by atomic mass is 32.2. The van der Waals surface area contributed by atoms with Crippen LogP contribution in [-0.4, -0.2) is 32.7 Å². The van der Waals surface area contributed by atoms with E-state index in [9.17, 15) is 26.4 Å². The van der Waals surface area contributed by atoms with Crippen molar-refractivity contribution in [2.75, 3.05) is 17.0 Å². The first-order valence-corrected chi connectivity index (χ1v) is 10.8. The third-order valence-electron chi connectivity index (χ3n) is 3.84. The minimum atomic E-state index is -4.41. The van der Waals surface area contributed by atoms with Gasteiger partial charge in [-0.15, -0.1) is 0 Å². The molecule has 0 aromatic heterocycles. The first kappa shape index (κ1) is 23.5. The van der Waals surface area contributed by atoms with E-state index in [-0.39, 0.29) is 19.1 Å². The molecule has 2 N–H and O–H groups in total. The Morgan fingerprint density at radius 3 is 2.17 bits per heavy atom. The number of amides is 1. The number of hydrogen-bond donors (Lipinski definition) is 2. The Hall–Kier alpha value is -2.75. The smallest absolute Gasteiger partial charge is 0.416 e. The van der Waals surface area contributed by atoms with Gasteiger partial charge in [-0.25, -0.2) is 8.42 Å². The van der Waals surface area contributed by atoms with Crippen LogP contribution in [0.15, 0.2) is 48.5 Å². The van der Waals surface area contributed by atoms with E-state index in [1.807, 2.05) is 13.8 Å². The third kappa shape index (κ3) is 7.94. The van der Waals surface area contributed by atoms with E-state index >= 15 is 0 Å². The Kier molecular flexibility index (Phi) is 7.71. The van der Waals surface area contributed by atoms with Crippen LogP contribution in [0.5, 0.6) is 5.75 Å². The summed E-state index contributed by atoms with van der Waals surface area (Å²) in [6.45, 7) is 3.83. The van der Waals surface area contributed by atoms with Crippen molar-refractivity contribution < 1.29 is 31.1 Å². The van der Waals surface area contributed by atoms with Crippen LogP contribution in [-0.2, 0) is 27.4 Å². The molecular formula is C20H23F3N2O4S. The van der Waals surface area contributed by atoms with Gasteiger partial charge < -0.3 is 10.1 Å². The van der Waals surface area contributed by atoms with Gasteiger partial charge in [0.25, 0.3) is 0 Å². The van der Waals surface area contributed by atoms with Gasteiger partial charge >= 0.3 is 6.18 Å².